The third kappa shape index (κ3) is 4.96. The van der Waals surface area contributed by atoms with Crippen LogP contribution in [0, 0.1) is 17.2 Å². The van der Waals surface area contributed by atoms with Crippen LogP contribution < -0.4 is 5.32 Å². The normalized spacial score (nSPS) is 13.6. The number of rotatable bonds is 6. The molecule has 0 fully saturated rings. The van der Waals surface area contributed by atoms with E-state index in [9.17, 15) is 4.79 Å². The summed E-state index contributed by atoms with van der Waals surface area (Å²) in [5.74, 6) is 1.18. The lowest BCUT2D eigenvalue weighted by atomic mass is 9.90. The summed E-state index contributed by atoms with van der Waals surface area (Å²) in [5.41, 5.74) is 0.414. The molecule has 1 rings (SSSR count). The van der Waals surface area contributed by atoms with Gasteiger partial charge in [0.1, 0.15) is 5.54 Å². The first-order valence-electron chi connectivity index (χ1n) is 6.32. The van der Waals surface area contributed by atoms with Crippen LogP contribution in [0.1, 0.15) is 26.3 Å². The third-order valence-corrected chi connectivity index (χ3v) is 4.13. The molecule has 102 valence electrons. The summed E-state index contributed by atoms with van der Waals surface area (Å²) in [6.07, 6.45) is 0. The number of carbonyl (C=O) groups is 1. The van der Waals surface area contributed by atoms with Gasteiger partial charge in [0.05, 0.1) is 11.8 Å². The Morgan fingerprint density at radius 3 is 2.58 bits per heavy atom. The second-order valence-corrected chi connectivity index (χ2v) is 5.98. The standard InChI is InChI=1S/C15H20N2OS/c1-12(2)15(3,11-16)17-14(18)10-19-9-13-7-5-4-6-8-13/h4-8,12H,9-10H2,1-3H3,(H,17,18). The number of hydrogen-bond donors (Lipinski definition) is 1. The van der Waals surface area contributed by atoms with E-state index in [0.717, 1.165) is 5.75 Å². The lowest BCUT2D eigenvalue weighted by Crippen LogP contribution is -2.49. The van der Waals surface area contributed by atoms with Gasteiger partial charge in [-0.25, -0.2) is 0 Å². The molecule has 1 atom stereocenters. The molecule has 0 heterocycles. The van der Waals surface area contributed by atoms with E-state index in [1.165, 1.54) is 5.56 Å². The summed E-state index contributed by atoms with van der Waals surface area (Å²) >= 11 is 1.56. The van der Waals surface area contributed by atoms with Crippen LogP contribution in [0.15, 0.2) is 30.3 Å². The van der Waals surface area contributed by atoms with Crippen LogP contribution in [-0.4, -0.2) is 17.2 Å². The van der Waals surface area contributed by atoms with E-state index in [1.807, 2.05) is 44.2 Å². The van der Waals surface area contributed by atoms with Crippen molar-refractivity contribution >= 4 is 17.7 Å². The highest BCUT2D eigenvalue weighted by Gasteiger charge is 2.29. The molecule has 1 amide bonds. The van der Waals surface area contributed by atoms with Crippen LogP contribution in [-0.2, 0) is 10.5 Å². The van der Waals surface area contributed by atoms with E-state index >= 15 is 0 Å². The molecule has 0 saturated heterocycles. The summed E-state index contributed by atoms with van der Waals surface area (Å²) in [6, 6.07) is 12.2. The molecule has 4 heteroatoms. The van der Waals surface area contributed by atoms with Crippen molar-refractivity contribution < 1.29 is 4.79 Å². The number of carbonyl (C=O) groups excluding carboxylic acids is 1. The van der Waals surface area contributed by atoms with E-state index in [0.29, 0.717) is 5.75 Å². The molecule has 19 heavy (non-hydrogen) atoms. The van der Waals surface area contributed by atoms with Gasteiger partial charge in [0, 0.05) is 5.75 Å². The van der Waals surface area contributed by atoms with Crippen molar-refractivity contribution in [3.05, 3.63) is 35.9 Å². The molecule has 0 aliphatic carbocycles. The second-order valence-electron chi connectivity index (χ2n) is 5.00. The third-order valence-electron chi connectivity index (χ3n) is 3.13. The van der Waals surface area contributed by atoms with E-state index in [4.69, 9.17) is 5.26 Å². The molecule has 1 unspecified atom stereocenters. The molecule has 1 aromatic rings. The maximum atomic E-state index is 11.8. The molecule has 3 nitrogen and oxygen atoms in total. The van der Waals surface area contributed by atoms with Crippen LogP contribution in [0.4, 0.5) is 0 Å². The Bertz CT molecular complexity index is 453. The second kappa shape index (κ2) is 7.20. The van der Waals surface area contributed by atoms with Crippen LogP contribution in [0.3, 0.4) is 0 Å². The summed E-state index contributed by atoms with van der Waals surface area (Å²) in [6.45, 7) is 5.62. The zero-order chi connectivity index (χ0) is 14.3. The van der Waals surface area contributed by atoms with Crippen LogP contribution >= 0.6 is 11.8 Å². The minimum atomic E-state index is -0.787. The Morgan fingerprint density at radius 1 is 1.42 bits per heavy atom. The molecular formula is C15H20N2OS. The fourth-order valence-corrected chi connectivity index (χ4v) is 2.25. The Balaban J connectivity index is 2.39. The van der Waals surface area contributed by atoms with Crippen LogP contribution in [0.25, 0.3) is 0 Å². The molecule has 0 radical (unpaired) electrons. The van der Waals surface area contributed by atoms with Crippen molar-refractivity contribution in [3.8, 4) is 6.07 Å². The number of nitrogens with one attached hydrogen (secondary N) is 1. The fourth-order valence-electron chi connectivity index (χ4n) is 1.46. The predicted molar refractivity (Wildman–Crippen MR) is 79.6 cm³/mol. The molecule has 0 aliphatic heterocycles. The maximum absolute atomic E-state index is 11.8. The van der Waals surface area contributed by atoms with Gasteiger partial charge in [-0.15, -0.1) is 11.8 Å². The van der Waals surface area contributed by atoms with Gasteiger partial charge in [-0.05, 0) is 18.4 Å². The quantitative estimate of drug-likeness (QED) is 0.869. The number of nitriles is 1. The van der Waals surface area contributed by atoms with Crippen molar-refractivity contribution in [2.75, 3.05) is 5.75 Å². The molecule has 1 aromatic carbocycles. The highest BCUT2D eigenvalue weighted by molar-refractivity contribution is 7.99. The van der Waals surface area contributed by atoms with Gasteiger partial charge in [0.25, 0.3) is 0 Å². The van der Waals surface area contributed by atoms with Crippen LogP contribution in [0.2, 0.25) is 0 Å². The molecule has 0 aliphatic rings. The summed E-state index contributed by atoms with van der Waals surface area (Å²) < 4.78 is 0. The average Bonchev–Trinajstić information content (AvgIpc) is 2.39. The predicted octanol–water partition coefficient (Wildman–Crippen LogP) is 2.97. The minimum Gasteiger partial charge on any atom is -0.337 e. The molecule has 1 N–H and O–H groups in total. The smallest absolute Gasteiger partial charge is 0.231 e. The van der Waals surface area contributed by atoms with E-state index in [-0.39, 0.29) is 11.8 Å². The van der Waals surface area contributed by atoms with Gasteiger partial charge in [0.2, 0.25) is 5.91 Å². The Labute approximate surface area is 119 Å². The Morgan fingerprint density at radius 2 is 2.05 bits per heavy atom. The van der Waals surface area contributed by atoms with Crippen molar-refractivity contribution in [1.29, 1.82) is 5.26 Å². The lowest BCUT2D eigenvalue weighted by molar-refractivity contribution is -0.120. The maximum Gasteiger partial charge on any atom is 0.231 e. The van der Waals surface area contributed by atoms with Gasteiger partial charge in [-0.3, -0.25) is 4.79 Å². The first kappa shape index (κ1) is 15.6. The van der Waals surface area contributed by atoms with Gasteiger partial charge in [-0.2, -0.15) is 5.26 Å². The van der Waals surface area contributed by atoms with Gasteiger partial charge >= 0.3 is 0 Å². The molecule has 0 aromatic heterocycles. The van der Waals surface area contributed by atoms with Crippen LogP contribution in [0.5, 0.6) is 0 Å². The number of benzene rings is 1. The number of thioether (sulfide) groups is 1. The van der Waals surface area contributed by atoms with Crippen molar-refractivity contribution in [2.45, 2.75) is 32.1 Å². The zero-order valence-corrected chi connectivity index (χ0v) is 12.5. The Hall–Kier alpha value is -1.47. The summed E-state index contributed by atoms with van der Waals surface area (Å²) in [4.78, 5) is 11.8. The topological polar surface area (TPSA) is 52.9 Å². The fraction of sp³-hybridized carbons (Fsp3) is 0.467. The van der Waals surface area contributed by atoms with Gasteiger partial charge < -0.3 is 5.32 Å². The molecular weight excluding hydrogens is 256 g/mol. The van der Waals surface area contributed by atoms with E-state index in [2.05, 4.69) is 11.4 Å². The van der Waals surface area contributed by atoms with Gasteiger partial charge in [-0.1, -0.05) is 44.2 Å². The first-order chi connectivity index (χ1) is 8.98. The Kier molecular flexibility index (Phi) is 5.91. The van der Waals surface area contributed by atoms with Gasteiger partial charge in [0.15, 0.2) is 0 Å². The molecule has 0 spiro atoms. The molecule has 0 saturated carbocycles. The zero-order valence-electron chi connectivity index (χ0n) is 11.6. The SMILES string of the molecule is CC(C)C(C)(C#N)NC(=O)CSCc1ccccc1. The summed E-state index contributed by atoms with van der Waals surface area (Å²) in [7, 11) is 0. The van der Waals surface area contributed by atoms with E-state index in [1.54, 1.807) is 18.7 Å². The largest absolute Gasteiger partial charge is 0.337 e. The first-order valence-corrected chi connectivity index (χ1v) is 7.47. The van der Waals surface area contributed by atoms with Crippen molar-refractivity contribution in [1.82, 2.24) is 5.32 Å². The number of nitrogens with zero attached hydrogens (tertiary/aromatic N) is 1. The lowest BCUT2D eigenvalue weighted by Gasteiger charge is -2.27. The highest BCUT2D eigenvalue weighted by atomic mass is 32.2. The summed E-state index contributed by atoms with van der Waals surface area (Å²) in [5, 5.41) is 11.9. The highest BCUT2D eigenvalue weighted by Crippen LogP contribution is 2.16. The van der Waals surface area contributed by atoms with Crippen molar-refractivity contribution in [3.63, 3.8) is 0 Å². The number of hydrogen-bond acceptors (Lipinski definition) is 3. The van der Waals surface area contributed by atoms with Crippen molar-refractivity contribution in [2.24, 2.45) is 5.92 Å². The average molecular weight is 276 g/mol. The number of amides is 1. The minimum absolute atomic E-state index is 0.0839. The van der Waals surface area contributed by atoms with E-state index < -0.39 is 5.54 Å². The molecule has 0 bridgehead atoms. The monoisotopic (exact) mass is 276 g/mol.